The van der Waals surface area contributed by atoms with E-state index in [0.717, 1.165) is 28.6 Å². The van der Waals surface area contributed by atoms with Gasteiger partial charge in [-0.05, 0) is 35.7 Å². The minimum atomic E-state index is -0.490. The highest BCUT2D eigenvalue weighted by molar-refractivity contribution is 6.27. The van der Waals surface area contributed by atoms with Crippen molar-refractivity contribution in [2.24, 2.45) is 0 Å². The molecule has 250 valence electrons. The maximum Gasteiger partial charge on any atom is 0.338 e. The smallest absolute Gasteiger partial charge is 0.338 e. The number of alkyl halides is 1. The molecule has 2 aromatic carbocycles. The van der Waals surface area contributed by atoms with Crippen LogP contribution < -0.4 is 5.32 Å². The van der Waals surface area contributed by atoms with Gasteiger partial charge in [-0.15, -0.1) is 16.7 Å². The molecule has 1 aliphatic heterocycles. The van der Waals surface area contributed by atoms with E-state index in [-0.39, 0.29) is 30.3 Å². The minimum Gasteiger partial charge on any atom is -0.455 e. The Morgan fingerprint density at radius 3 is 2.45 bits per heavy atom. The topological polar surface area (TPSA) is 150 Å². The van der Waals surface area contributed by atoms with Gasteiger partial charge in [-0.1, -0.05) is 35.5 Å². The lowest BCUT2D eigenvalue weighted by Gasteiger charge is -2.36. The highest BCUT2D eigenvalue weighted by Gasteiger charge is 2.34. The van der Waals surface area contributed by atoms with Gasteiger partial charge < -0.3 is 34.1 Å². The molecule has 0 aliphatic carbocycles. The number of hydrogen-bond acceptors (Lipinski definition) is 9. The van der Waals surface area contributed by atoms with Crippen LogP contribution in [0.3, 0.4) is 0 Å². The Morgan fingerprint density at radius 1 is 0.979 bits per heavy atom. The van der Waals surface area contributed by atoms with E-state index in [4.69, 9.17) is 30.5 Å². The number of aromatic amines is 1. The SMILES string of the molecule is CC(=O)NCCOCCOCCOCCn1cc(COC(=O)c2ccc([C@@H]3c4[nH]c5ccccc5c4CCN3C(=O)CCl)cc2)nn1. The molecular weight excluding hydrogens is 628 g/mol. The summed E-state index contributed by atoms with van der Waals surface area (Å²) in [6, 6.07) is 14.9. The second kappa shape index (κ2) is 17.0. The molecule has 47 heavy (non-hydrogen) atoms. The molecule has 0 saturated carbocycles. The van der Waals surface area contributed by atoms with E-state index in [2.05, 4.69) is 26.7 Å². The maximum atomic E-state index is 12.8. The van der Waals surface area contributed by atoms with Crippen molar-refractivity contribution < 1.29 is 33.3 Å². The second-order valence-corrected chi connectivity index (χ2v) is 11.2. The van der Waals surface area contributed by atoms with Gasteiger partial charge in [0.15, 0.2) is 0 Å². The third-order valence-electron chi connectivity index (χ3n) is 7.70. The molecule has 0 radical (unpaired) electrons. The number of carbonyl (C=O) groups excluding carboxylic acids is 3. The largest absolute Gasteiger partial charge is 0.455 e. The van der Waals surface area contributed by atoms with Crippen molar-refractivity contribution in [1.82, 2.24) is 30.2 Å². The lowest BCUT2D eigenvalue weighted by atomic mass is 9.92. The summed E-state index contributed by atoms with van der Waals surface area (Å²) in [5.41, 5.74) is 4.94. The Morgan fingerprint density at radius 2 is 1.70 bits per heavy atom. The highest BCUT2D eigenvalue weighted by atomic mass is 35.5. The van der Waals surface area contributed by atoms with Gasteiger partial charge in [-0.25, -0.2) is 9.48 Å². The van der Waals surface area contributed by atoms with Crippen LogP contribution in [0, 0.1) is 0 Å². The fourth-order valence-corrected chi connectivity index (χ4v) is 5.62. The van der Waals surface area contributed by atoms with Gasteiger partial charge in [-0.2, -0.15) is 0 Å². The second-order valence-electron chi connectivity index (χ2n) is 10.9. The Labute approximate surface area is 277 Å². The van der Waals surface area contributed by atoms with Crippen molar-refractivity contribution in [3.05, 3.63) is 82.8 Å². The number of esters is 1. The summed E-state index contributed by atoms with van der Waals surface area (Å²) in [7, 11) is 0. The van der Waals surface area contributed by atoms with Gasteiger partial charge >= 0.3 is 5.97 Å². The number of hydrogen-bond donors (Lipinski definition) is 2. The first-order valence-corrected chi connectivity index (χ1v) is 16.1. The van der Waals surface area contributed by atoms with Crippen LogP contribution in [-0.2, 0) is 48.1 Å². The summed E-state index contributed by atoms with van der Waals surface area (Å²) >= 11 is 5.98. The van der Waals surface area contributed by atoms with E-state index in [9.17, 15) is 14.4 Å². The van der Waals surface area contributed by atoms with Crippen LogP contribution in [0.2, 0.25) is 0 Å². The van der Waals surface area contributed by atoms with Crippen molar-refractivity contribution in [1.29, 1.82) is 0 Å². The van der Waals surface area contributed by atoms with E-state index in [1.165, 1.54) is 12.5 Å². The van der Waals surface area contributed by atoms with Crippen molar-refractivity contribution >= 4 is 40.3 Å². The molecule has 1 aliphatic rings. The maximum absolute atomic E-state index is 12.8. The molecule has 0 unspecified atom stereocenters. The van der Waals surface area contributed by atoms with Crippen molar-refractivity contribution in [2.75, 3.05) is 58.6 Å². The molecular formula is C33H39ClN6O7. The number of amides is 2. The van der Waals surface area contributed by atoms with Crippen molar-refractivity contribution in [3.8, 4) is 0 Å². The molecule has 14 heteroatoms. The fourth-order valence-electron chi connectivity index (χ4n) is 5.47. The summed E-state index contributed by atoms with van der Waals surface area (Å²) < 4.78 is 23.5. The van der Waals surface area contributed by atoms with E-state index >= 15 is 0 Å². The Kier molecular flexibility index (Phi) is 12.3. The number of benzene rings is 2. The van der Waals surface area contributed by atoms with Crippen LogP contribution in [0.25, 0.3) is 10.9 Å². The summed E-state index contributed by atoms with van der Waals surface area (Å²) in [4.78, 5) is 41.7. The summed E-state index contributed by atoms with van der Waals surface area (Å²) in [6.07, 6.45) is 2.44. The first-order valence-electron chi connectivity index (χ1n) is 15.5. The van der Waals surface area contributed by atoms with Gasteiger partial charge in [0.2, 0.25) is 11.8 Å². The van der Waals surface area contributed by atoms with Crippen LogP contribution in [-0.4, -0.2) is 101 Å². The predicted molar refractivity (Wildman–Crippen MR) is 173 cm³/mol. The third-order valence-corrected chi connectivity index (χ3v) is 7.93. The average Bonchev–Trinajstić information content (AvgIpc) is 3.71. The molecule has 0 fully saturated rings. The Bertz CT molecular complexity index is 1640. The number of ether oxygens (including phenoxy) is 4. The van der Waals surface area contributed by atoms with E-state index in [1.54, 1.807) is 27.9 Å². The monoisotopic (exact) mass is 666 g/mol. The number of aromatic nitrogens is 4. The first kappa shape index (κ1) is 34.0. The zero-order valence-corrected chi connectivity index (χ0v) is 27.0. The van der Waals surface area contributed by atoms with Gasteiger partial charge in [-0.3, -0.25) is 9.59 Å². The number of nitrogens with one attached hydrogen (secondary N) is 2. The average molecular weight is 667 g/mol. The molecule has 0 saturated heterocycles. The molecule has 0 bridgehead atoms. The lowest BCUT2D eigenvalue weighted by Crippen LogP contribution is -2.41. The highest BCUT2D eigenvalue weighted by Crippen LogP contribution is 2.38. The number of para-hydroxylation sites is 1. The van der Waals surface area contributed by atoms with Crippen LogP contribution in [0.1, 0.15) is 45.8 Å². The number of nitrogens with zero attached hydrogens (tertiary/aromatic N) is 4. The normalized spacial score (nSPS) is 14.3. The number of carbonyl (C=O) groups is 3. The van der Waals surface area contributed by atoms with Gasteiger partial charge in [0, 0.05) is 36.6 Å². The third kappa shape index (κ3) is 9.16. The van der Waals surface area contributed by atoms with Gasteiger partial charge in [0.1, 0.15) is 18.2 Å². The molecule has 1 atom stereocenters. The first-order chi connectivity index (χ1) is 22.9. The quantitative estimate of drug-likeness (QED) is 0.0985. The predicted octanol–water partition coefficient (Wildman–Crippen LogP) is 3.02. The van der Waals surface area contributed by atoms with E-state index in [1.807, 2.05) is 30.3 Å². The minimum absolute atomic E-state index is 0.0266. The van der Waals surface area contributed by atoms with Crippen LogP contribution in [0.5, 0.6) is 0 Å². The fraction of sp³-hybridized carbons (Fsp3) is 0.424. The molecule has 2 N–H and O–H groups in total. The van der Waals surface area contributed by atoms with Crippen LogP contribution in [0.15, 0.2) is 54.7 Å². The number of halogens is 1. The number of H-pyrrole nitrogens is 1. The molecule has 2 amide bonds. The summed E-state index contributed by atoms with van der Waals surface area (Å²) in [5, 5.41) is 11.9. The van der Waals surface area contributed by atoms with Gasteiger partial charge in [0.25, 0.3) is 0 Å². The lowest BCUT2D eigenvalue weighted by molar-refractivity contribution is -0.130. The Hall–Kier alpha value is -4.30. The summed E-state index contributed by atoms with van der Waals surface area (Å²) in [6.45, 7) is 5.56. The molecule has 3 heterocycles. The number of fused-ring (bicyclic) bond motifs is 3. The zero-order chi connectivity index (χ0) is 33.0. The van der Waals surface area contributed by atoms with E-state index < -0.39 is 5.97 Å². The molecule has 13 nitrogen and oxygen atoms in total. The Balaban J connectivity index is 1.05. The van der Waals surface area contributed by atoms with Crippen molar-refractivity contribution in [2.45, 2.75) is 32.5 Å². The van der Waals surface area contributed by atoms with Crippen LogP contribution in [0.4, 0.5) is 0 Å². The standard InChI is InChI=1S/C33H39ClN6O7/c1-23(41)35-11-14-44-16-18-46-19-17-45-15-13-39-21-26(37-38-39)22-47-33(43)25-8-6-24(7-9-25)32-31-28(10-12-40(32)30(42)20-34)27-4-2-3-5-29(27)36-31/h2-9,21,32,36H,10-20,22H2,1H3,(H,35,41)/t32-/m1/s1. The zero-order valence-electron chi connectivity index (χ0n) is 26.3. The molecule has 0 spiro atoms. The molecule has 4 aromatic rings. The molecule has 5 rings (SSSR count). The van der Waals surface area contributed by atoms with E-state index in [0.29, 0.717) is 70.5 Å². The van der Waals surface area contributed by atoms with Crippen molar-refractivity contribution in [3.63, 3.8) is 0 Å². The summed E-state index contributed by atoms with van der Waals surface area (Å²) in [5.74, 6) is -0.824. The number of rotatable bonds is 17. The molecule has 2 aromatic heterocycles. The van der Waals surface area contributed by atoms with Crippen LogP contribution >= 0.6 is 11.6 Å². The van der Waals surface area contributed by atoms with Gasteiger partial charge in [0.05, 0.1) is 64.0 Å².